The number of hydrogen-bond acceptors (Lipinski definition) is 4. The normalized spacial score (nSPS) is 20.5. The summed E-state index contributed by atoms with van der Waals surface area (Å²) in [5, 5.41) is 6.77. The summed E-state index contributed by atoms with van der Waals surface area (Å²) in [4.78, 5) is 9.01. The highest BCUT2D eigenvalue weighted by Crippen LogP contribution is 2.33. The molecular formula is C21H30N4O2. The zero-order chi connectivity index (χ0) is 19.1. The third-order valence-electron chi connectivity index (χ3n) is 4.89. The third-order valence-corrected chi connectivity index (χ3v) is 4.89. The van der Waals surface area contributed by atoms with Crippen LogP contribution >= 0.6 is 0 Å². The molecule has 2 atom stereocenters. The van der Waals surface area contributed by atoms with E-state index in [0.29, 0.717) is 18.4 Å². The Balaban J connectivity index is 1.62. The Bertz CT molecular complexity index is 722. The second kappa shape index (κ2) is 9.55. The molecule has 0 saturated carbocycles. The third kappa shape index (κ3) is 5.32. The highest BCUT2D eigenvalue weighted by atomic mass is 16.5. The van der Waals surface area contributed by atoms with Crippen LogP contribution in [0.4, 0.5) is 0 Å². The maximum Gasteiger partial charge on any atom is 0.216 e. The van der Waals surface area contributed by atoms with Gasteiger partial charge in [0, 0.05) is 25.6 Å². The van der Waals surface area contributed by atoms with Gasteiger partial charge in [0.05, 0.1) is 11.8 Å². The van der Waals surface area contributed by atoms with Crippen LogP contribution in [0.1, 0.15) is 48.8 Å². The molecule has 2 N–H and O–H groups in total. The highest BCUT2D eigenvalue weighted by molar-refractivity contribution is 5.79. The molecule has 146 valence electrons. The number of aryl methyl sites for hydroxylation is 2. The number of oxazole rings is 1. The molecule has 0 amide bonds. The molecule has 6 nitrogen and oxygen atoms in total. The van der Waals surface area contributed by atoms with Gasteiger partial charge in [-0.15, -0.1) is 0 Å². The van der Waals surface area contributed by atoms with E-state index < -0.39 is 0 Å². The lowest BCUT2D eigenvalue weighted by atomic mass is 9.89. The maximum atomic E-state index is 6.09. The van der Waals surface area contributed by atoms with Crippen LogP contribution in [0, 0.1) is 19.8 Å². The van der Waals surface area contributed by atoms with Gasteiger partial charge in [-0.05, 0) is 39.2 Å². The first kappa shape index (κ1) is 19.4. The lowest BCUT2D eigenvalue weighted by molar-refractivity contribution is -0.0265. The second-order valence-corrected chi connectivity index (χ2v) is 6.93. The summed E-state index contributed by atoms with van der Waals surface area (Å²) < 4.78 is 11.7. The minimum atomic E-state index is 0.132. The second-order valence-electron chi connectivity index (χ2n) is 6.93. The number of hydrogen-bond donors (Lipinski definition) is 2. The van der Waals surface area contributed by atoms with Gasteiger partial charge in [-0.2, -0.15) is 0 Å². The Morgan fingerprint density at radius 3 is 2.74 bits per heavy atom. The van der Waals surface area contributed by atoms with E-state index in [0.717, 1.165) is 50.0 Å². The molecule has 3 rings (SSSR count). The number of ether oxygens (including phenoxy) is 1. The van der Waals surface area contributed by atoms with Gasteiger partial charge in [0.15, 0.2) is 5.96 Å². The molecule has 6 heteroatoms. The molecular weight excluding hydrogens is 340 g/mol. The van der Waals surface area contributed by atoms with Crippen molar-refractivity contribution in [3.63, 3.8) is 0 Å². The standard InChI is InChI=1S/C21H30N4O2/c1-4-22-21(24-14-19-25-15(2)16(3)27-19)23-13-18-11-8-12-26-20(18)17-9-6-5-7-10-17/h5-7,9-10,18,20H,4,8,11-14H2,1-3H3,(H2,22,23,24). The maximum absolute atomic E-state index is 6.09. The molecule has 2 aromatic rings. The van der Waals surface area contributed by atoms with Gasteiger partial charge in [-0.1, -0.05) is 30.3 Å². The lowest BCUT2D eigenvalue weighted by Gasteiger charge is -2.32. The van der Waals surface area contributed by atoms with E-state index in [2.05, 4.69) is 51.8 Å². The molecule has 1 aliphatic rings. The van der Waals surface area contributed by atoms with E-state index in [1.54, 1.807) is 0 Å². The monoisotopic (exact) mass is 370 g/mol. The predicted octanol–water partition coefficient (Wildman–Crippen LogP) is 3.51. The van der Waals surface area contributed by atoms with Gasteiger partial charge in [0.2, 0.25) is 5.89 Å². The van der Waals surface area contributed by atoms with Gasteiger partial charge in [-0.3, -0.25) is 0 Å². The van der Waals surface area contributed by atoms with Crippen LogP contribution in [0.25, 0.3) is 0 Å². The van der Waals surface area contributed by atoms with Crippen molar-refractivity contribution in [2.45, 2.75) is 46.3 Å². The fraction of sp³-hybridized carbons (Fsp3) is 0.524. The van der Waals surface area contributed by atoms with Crippen LogP contribution in [0.3, 0.4) is 0 Å². The average molecular weight is 370 g/mol. The van der Waals surface area contributed by atoms with Crippen LogP contribution in [0.2, 0.25) is 0 Å². The number of aromatic nitrogens is 1. The predicted molar refractivity (Wildman–Crippen MR) is 107 cm³/mol. The summed E-state index contributed by atoms with van der Waals surface area (Å²) in [5.74, 6) is 2.69. The fourth-order valence-electron chi connectivity index (χ4n) is 3.39. The number of rotatable bonds is 6. The van der Waals surface area contributed by atoms with Gasteiger partial charge in [-0.25, -0.2) is 9.98 Å². The molecule has 1 fully saturated rings. The Morgan fingerprint density at radius 1 is 1.22 bits per heavy atom. The summed E-state index contributed by atoms with van der Waals surface area (Å²) in [6.07, 6.45) is 2.37. The van der Waals surface area contributed by atoms with Crippen LogP contribution in [-0.4, -0.2) is 30.6 Å². The van der Waals surface area contributed by atoms with Crippen LogP contribution in [-0.2, 0) is 11.3 Å². The SMILES string of the molecule is CCNC(=NCc1nc(C)c(C)o1)NCC1CCCOC1c1ccccc1. The Labute approximate surface area is 161 Å². The van der Waals surface area contributed by atoms with Crippen LogP contribution in [0.5, 0.6) is 0 Å². The van der Waals surface area contributed by atoms with E-state index in [9.17, 15) is 0 Å². The first-order valence-electron chi connectivity index (χ1n) is 9.79. The van der Waals surface area contributed by atoms with Crippen molar-refractivity contribution in [1.29, 1.82) is 0 Å². The van der Waals surface area contributed by atoms with Gasteiger partial charge in [0.25, 0.3) is 0 Å². The van der Waals surface area contributed by atoms with Crippen LogP contribution in [0.15, 0.2) is 39.7 Å². The molecule has 0 bridgehead atoms. The smallest absolute Gasteiger partial charge is 0.216 e. The minimum Gasteiger partial charge on any atom is -0.444 e. The van der Waals surface area contributed by atoms with E-state index in [-0.39, 0.29) is 6.10 Å². The summed E-state index contributed by atoms with van der Waals surface area (Å²) in [6.45, 7) is 8.80. The van der Waals surface area contributed by atoms with Crippen molar-refractivity contribution in [2.75, 3.05) is 19.7 Å². The van der Waals surface area contributed by atoms with Gasteiger partial charge in [0.1, 0.15) is 12.3 Å². The van der Waals surface area contributed by atoms with E-state index in [4.69, 9.17) is 9.15 Å². The fourth-order valence-corrected chi connectivity index (χ4v) is 3.39. The number of guanidine groups is 1. The average Bonchev–Trinajstić information content (AvgIpc) is 3.02. The van der Waals surface area contributed by atoms with Crippen molar-refractivity contribution in [1.82, 2.24) is 15.6 Å². The first-order chi connectivity index (χ1) is 13.2. The van der Waals surface area contributed by atoms with Crippen LogP contribution < -0.4 is 10.6 Å². The molecule has 1 saturated heterocycles. The number of nitrogens with one attached hydrogen (secondary N) is 2. The zero-order valence-corrected chi connectivity index (χ0v) is 16.5. The quantitative estimate of drug-likeness (QED) is 0.601. The number of benzene rings is 1. The molecule has 0 aliphatic carbocycles. The Hall–Kier alpha value is -2.34. The summed E-state index contributed by atoms with van der Waals surface area (Å²) in [7, 11) is 0. The molecule has 2 heterocycles. The molecule has 1 aliphatic heterocycles. The molecule has 0 radical (unpaired) electrons. The van der Waals surface area contributed by atoms with Crippen molar-refractivity contribution in [3.8, 4) is 0 Å². The molecule has 1 aromatic carbocycles. The van der Waals surface area contributed by atoms with Crippen molar-refractivity contribution >= 4 is 5.96 Å². The van der Waals surface area contributed by atoms with E-state index in [1.165, 1.54) is 5.56 Å². The molecule has 2 unspecified atom stereocenters. The lowest BCUT2D eigenvalue weighted by Crippen LogP contribution is -2.42. The van der Waals surface area contributed by atoms with Gasteiger partial charge < -0.3 is 19.8 Å². The Morgan fingerprint density at radius 2 is 2.04 bits per heavy atom. The zero-order valence-electron chi connectivity index (χ0n) is 16.5. The largest absolute Gasteiger partial charge is 0.444 e. The number of nitrogens with zero attached hydrogens (tertiary/aromatic N) is 2. The number of aliphatic imine (C=N–C) groups is 1. The van der Waals surface area contributed by atoms with E-state index in [1.807, 2.05) is 19.9 Å². The van der Waals surface area contributed by atoms with Crippen molar-refractivity contribution in [3.05, 3.63) is 53.2 Å². The summed E-state index contributed by atoms with van der Waals surface area (Å²) in [6, 6.07) is 10.5. The molecule has 1 aromatic heterocycles. The molecule has 0 spiro atoms. The first-order valence-corrected chi connectivity index (χ1v) is 9.79. The topological polar surface area (TPSA) is 71.7 Å². The molecule has 27 heavy (non-hydrogen) atoms. The van der Waals surface area contributed by atoms with Crippen molar-refractivity contribution in [2.24, 2.45) is 10.9 Å². The Kier molecular flexibility index (Phi) is 6.87. The van der Waals surface area contributed by atoms with Gasteiger partial charge >= 0.3 is 0 Å². The summed E-state index contributed by atoms with van der Waals surface area (Å²) in [5.41, 5.74) is 2.17. The van der Waals surface area contributed by atoms with E-state index >= 15 is 0 Å². The minimum absolute atomic E-state index is 0.132. The summed E-state index contributed by atoms with van der Waals surface area (Å²) >= 11 is 0. The highest BCUT2D eigenvalue weighted by Gasteiger charge is 2.27. The van der Waals surface area contributed by atoms with Crippen molar-refractivity contribution < 1.29 is 9.15 Å².